The number of rotatable bonds is 3. The summed E-state index contributed by atoms with van der Waals surface area (Å²) < 4.78 is 14.5. The van der Waals surface area contributed by atoms with Crippen molar-refractivity contribution < 1.29 is 4.39 Å². The molecule has 23 heavy (non-hydrogen) atoms. The maximum Gasteiger partial charge on any atom is 0.131 e. The molecule has 2 nitrogen and oxygen atoms in total. The van der Waals surface area contributed by atoms with E-state index in [9.17, 15) is 4.39 Å². The molecule has 2 aromatic carbocycles. The summed E-state index contributed by atoms with van der Waals surface area (Å²) in [4.78, 5) is 7.39. The third kappa shape index (κ3) is 3.83. The Hall–Kier alpha value is -1.62. The van der Waals surface area contributed by atoms with Crippen LogP contribution in [-0.2, 0) is 0 Å². The molecule has 0 atom stereocenters. The average molecular weight is 412 g/mol. The van der Waals surface area contributed by atoms with Crippen LogP contribution in [0.3, 0.4) is 0 Å². The highest BCUT2D eigenvalue weighted by atomic mass is 79.9. The molecular formula is C17H10BrCl2FN2. The number of aromatic amines is 1. The zero-order valence-corrected chi connectivity index (χ0v) is 14.8. The molecule has 0 aliphatic rings. The average Bonchev–Trinajstić information content (AvgIpc) is 2.95. The number of H-pyrrole nitrogens is 1. The number of hydrogen-bond acceptors (Lipinski definition) is 1. The number of hydrogen-bond donors (Lipinski definition) is 1. The third-order valence-corrected chi connectivity index (χ3v) is 4.24. The highest BCUT2D eigenvalue weighted by Gasteiger charge is 2.07. The Morgan fingerprint density at radius 3 is 2.65 bits per heavy atom. The van der Waals surface area contributed by atoms with Crippen LogP contribution in [0.2, 0.25) is 10.0 Å². The second-order valence-corrected chi connectivity index (χ2v) is 6.56. The van der Waals surface area contributed by atoms with Crippen molar-refractivity contribution in [2.75, 3.05) is 0 Å². The first-order chi connectivity index (χ1) is 11.0. The smallest absolute Gasteiger partial charge is 0.131 e. The molecule has 6 heteroatoms. The van der Waals surface area contributed by atoms with Gasteiger partial charge in [-0.15, -0.1) is 0 Å². The Kier molecular flexibility index (Phi) is 4.85. The lowest BCUT2D eigenvalue weighted by atomic mass is 10.2. The number of benzene rings is 2. The molecule has 0 saturated carbocycles. The molecule has 3 aromatic rings. The first-order valence-electron chi connectivity index (χ1n) is 6.66. The van der Waals surface area contributed by atoms with Crippen molar-refractivity contribution in [1.82, 2.24) is 9.97 Å². The van der Waals surface area contributed by atoms with E-state index in [-0.39, 0.29) is 5.82 Å². The summed E-state index contributed by atoms with van der Waals surface area (Å²) in [6, 6.07) is 10.1. The summed E-state index contributed by atoms with van der Waals surface area (Å²) in [7, 11) is 0. The van der Waals surface area contributed by atoms with Gasteiger partial charge < -0.3 is 4.98 Å². The minimum Gasteiger partial charge on any atom is -0.338 e. The van der Waals surface area contributed by atoms with E-state index in [2.05, 4.69) is 25.9 Å². The number of nitrogens with one attached hydrogen (secondary N) is 1. The van der Waals surface area contributed by atoms with Crippen molar-refractivity contribution in [2.45, 2.75) is 0 Å². The van der Waals surface area contributed by atoms with Crippen LogP contribution in [0.4, 0.5) is 4.39 Å². The van der Waals surface area contributed by atoms with Gasteiger partial charge >= 0.3 is 0 Å². The van der Waals surface area contributed by atoms with Gasteiger partial charge in [-0.1, -0.05) is 45.2 Å². The fraction of sp³-hybridized carbons (Fsp3) is 0. The van der Waals surface area contributed by atoms with Crippen LogP contribution >= 0.6 is 39.1 Å². The van der Waals surface area contributed by atoms with Gasteiger partial charge in [0.05, 0.1) is 16.9 Å². The monoisotopic (exact) mass is 410 g/mol. The summed E-state index contributed by atoms with van der Waals surface area (Å²) in [5.41, 5.74) is 2.05. The van der Waals surface area contributed by atoms with Crippen LogP contribution in [-0.4, -0.2) is 9.97 Å². The standard InChI is InChI=1S/C17H10BrCl2FN2/c18-11-3-1-10(15(21)7-11)2-6-17-22-9-16(23-17)13-5-4-12(19)8-14(13)20/h1-9H,(H,22,23). The largest absolute Gasteiger partial charge is 0.338 e. The second kappa shape index (κ2) is 6.87. The van der Waals surface area contributed by atoms with Gasteiger partial charge in [0.1, 0.15) is 11.6 Å². The minimum atomic E-state index is -0.303. The van der Waals surface area contributed by atoms with Crippen LogP contribution in [0.15, 0.2) is 47.1 Å². The molecule has 1 aromatic heterocycles. The lowest BCUT2D eigenvalue weighted by Gasteiger charge is -2.01. The molecule has 3 rings (SSSR count). The fourth-order valence-electron chi connectivity index (χ4n) is 2.07. The molecule has 0 fully saturated rings. The van der Waals surface area contributed by atoms with Crippen molar-refractivity contribution in [3.63, 3.8) is 0 Å². The summed E-state index contributed by atoms with van der Waals surface area (Å²) in [5, 5.41) is 1.11. The summed E-state index contributed by atoms with van der Waals surface area (Å²) in [6.45, 7) is 0. The molecule has 0 bridgehead atoms. The summed E-state index contributed by atoms with van der Waals surface area (Å²) >= 11 is 15.3. The number of nitrogens with zero attached hydrogens (tertiary/aromatic N) is 1. The Labute approximate surface area is 151 Å². The van der Waals surface area contributed by atoms with Crippen LogP contribution in [0.1, 0.15) is 11.4 Å². The van der Waals surface area contributed by atoms with Crippen LogP contribution < -0.4 is 0 Å². The van der Waals surface area contributed by atoms with Gasteiger partial charge in [0.25, 0.3) is 0 Å². The van der Waals surface area contributed by atoms with Gasteiger partial charge in [-0.05, 0) is 42.5 Å². The Bertz CT molecular complexity index is 890. The normalized spacial score (nSPS) is 11.3. The number of halogens is 4. The van der Waals surface area contributed by atoms with E-state index in [0.717, 1.165) is 11.3 Å². The zero-order valence-electron chi connectivity index (χ0n) is 11.7. The Morgan fingerprint density at radius 2 is 1.91 bits per heavy atom. The number of aromatic nitrogens is 2. The van der Waals surface area contributed by atoms with Crippen LogP contribution in [0.5, 0.6) is 0 Å². The van der Waals surface area contributed by atoms with Crippen molar-refractivity contribution in [3.05, 3.63) is 74.3 Å². The lowest BCUT2D eigenvalue weighted by Crippen LogP contribution is -1.82. The van der Waals surface area contributed by atoms with Crippen LogP contribution in [0.25, 0.3) is 23.4 Å². The van der Waals surface area contributed by atoms with E-state index in [1.165, 1.54) is 6.07 Å². The minimum absolute atomic E-state index is 0.303. The van der Waals surface area contributed by atoms with Crippen molar-refractivity contribution in [2.24, 2.45) is 0 Å². The molecule has 116 valence electrons. The summed E-state index contributed by atoms with van der Waals surface area (Å²) in [6.07, 6.45) is 5.04. The quantitative estimate of drug-likeness (QED) is 0.526. The second-order valence-electron chi connectivity index (χ2n) is 4.81. The molecule has 0 saturated heterocycles. The van der Waals surface area contributed by atoms with E-state index < -0.39 is 0 Å². The zero-order chi connectivity index (χ0) is 16.4. The van der Waals surface area contributed by atoms with E-state index in [0.29, 0.717) is 25.9 Å². The highest BCUT2D eigenvalue weighted by molar-refractivity contribution is 9.10. The molecule has 0 radical (unpaired) electrons. The van der Waals surface area contributed by atoms with Crippen molar-refractivity contribution in [3.8, 4) is 11.3 Å². The van der Waals surface area contributed by atoms with E-state index in [1.807, 2.05) is 6.07 Å². The lowest BCUT2D eigenvalue weighted by molar-refractivity contribution is 0.624. The fourth-order valence-corrected chi connectivity index (χ4v) is 2.91. The van der Waals surface area contributed by atoms with Gasteiger partial charge in [-0.2, -0.15) is 0 Å². The predicted molar refractivity (Wildman–Crippen MR) is 97.1 cm³/mol. The van der Waals surface area contributed by atoms with Gasteiger partial charge in [-0.25, -0.2) is 9.37 Å². The van der Waals surface area contributed by atoms with Gasteiger partial charge in [0.2, 0.25) is 0 Å². The van der Waals surface area contributed by atoms with E-state index in [4.69, 9.17) is 23.2 Å². The first-order valence-corrected chi connectivity index (χ1v) is 8.21. The SMILES string of the molecule is Fc1cc(Br)ccc1C=Cc1ncc(-c2ccc(Cl)cc2Cl)[nH]1. The maximum atomic E-state index is 13.8. The van der Waals surface area contributed by atoms with Crippen molar-refractivity contribution >= 4 is 51.3 Å². The molecule has 0 aliphatic carbocycles. The molecule has 0 unspecified atom stereocenters. The molecule has 0 spiro atoms. The van der Waals surface area contributed by atoms with Crippen molar-refractivity contribution in [1.29, 1.82) is 0 Å². The third-order valence-electron chi connectivity index (χ3n) is 3.20. The van der Waals surface area contributed by atoms with E-state index >= 15 is 0 Å². The van der Waals surface area contributed by atoms with Crippen LogP contribution in [0, 0.1) is 5.82 Å². The Balaban J connectivity index is 1.86. The van der Waals surface area contributed by atoms with Gasteiger partial charge in [0.15, 0.2) is 0 Å². The maximum absolute atomic E-state index is 13.8. The van der Waals surface area contributed by atoms with Gasteiger partial charge in [-0.3, -0.25) is 0 Å². The predicted octanol–water partition coefficient (Wildman–Crippen LogP) is 6.46. The molecular weight excluding hydrogens is 402 g/mol. The highest BCUT2D eigenvalue weighted by Crippen LogP contribution is 2.29. The van der Waals surface area contributed by atoms with E-state index in [1.54, 1.807) is 42.6 Å². The van der Waals surface area contributed by atoms with Gasteiger partial charge in [0, 0.05) is 20.6 Å². The topological polar surface area (TPSA) is 28.7 Å². The molecule has 1 heterocycles. The number of imidazole rings is 1. The first kappa shape index (κ1) is 16.2. The molecule has 1 N–H and O–H groups in total. The molecule has 0 aliphatic heterocycles. The summed E-state index contributed by atoms with van der Waals surface area (Å²) in [5.74, 6) is 0.302. The molecule has 0 amide bonds. The Morgan fingerprint density at radius 1 is 1.09 bits per heavy atom.